The van der Waals surface area contributed by atoms with E-state index < -0.39 is 0 Å². The summed E-state index contributed by atoms with van der Waals surface area (Å²) in [5, 5.41) is 6.36. The number of amides is 1. The summed E-state index contributed by atoms with van der Waals surface area (Å²) in [5.41, 5.74) is 4.97. The first-order valence-electron chi connectivity index (χ1n) is 12.7. The van der Waals surface area contributed by atoms with Gasteiger partial charge in [0.1, 0.15) is 23.1 Å². The molecule has 10 heteroatoms. The predicted octanol–water partition coefficient (Wildman–Crippen LogP) is 5.11. The van der Waals surface area contributed by atoms with Crippen LogP contribution < -0.4 is 20.3 Å². The number of carbonyl (C=O) groups excluding carboxylic acids is 1. The van der Waals surface area contributed by atoms with Crippen molar-refractivity contribution in [2.45, 2.75) is 33.1 Å². The Morgan fingerprint density at radius 1 is 1.03 bits per heavy atom. The number of ether oxygens (including phenoxy) is 2. The molecule has 0 bridgehead atoms. The van der Waals surface area contributed by atoms with Gasteiger partial charge in [-0.15, -0.1) is 0 Å². The number of nitrogens with zero attached hydrogens (tertiary/aromatic N) is 5. The van der Waals surface area contributed by atoms with Crippen molar-refractivity contribution in [3.63, 3.8) is 0 Å². The molecule has 2 aromatic heterocycles. The van der Waals surface area contributed by atoms with Gasteiger partial charge in [-0.05, 0) is 47.7 Å². The summed E-state index contributed by atoms with van der Waals surface area (Å²) in [6.07, 6.45) is 3.13. The zero-order chi connectivity index (χ0) is 28.2. The first-order valence-corrected chi connectivity index (χ1v) is 12.7. The van der Waals surface area contributed by atoms with E-state index in [1.54, 1.807) is 32.5 Å². The smallest absolute Gasteiger partial charge is 0.255 e. The molecule has 10 nitrogen and oxygen atoms in total. The monoisotopic (exact) mass is 529 g/mol. The number of likely N-dealkylation sites (N-methyl/N-ethyl adjacent to an activating group) is 1. The summed E-state index contributed by atoms with van der Waals surface area (Å²) in [7, 11) is 5.14. The Bertz CT molecular complexity index is 1480. The molecule has 0 radical (unpaired) electrons. The van der Waals surface area contributed by atoms with E-state index in [2.05, 4.69) is 46.4 Å². The van der Waals surface area contributed by atoms with Gasteiger partial charge in [-0.3, -0.25) is 4.79 Å². The molecule has 0 saturated heterocycles. The lowest BCUT2D eigenvalue weighted by Gasteiger charge is -2.21. The highest BCUT2D eigenvalue weighted by atomic mass is 16.5. The number of aryl methyl sites for hydroxylation is 1. The lowest BCUT2D eigenvalue weighted by molar-refractivity contribution is 0.102. The largest absolute Gasteiger partial charge is 0.495 e. The van der Waals surface area contributed by atoms with E-state index in [-0.39, 0.29) is 11.3 Å². The van der Waals surface area contributed by atoms with Crippen molar-refractivity contribution < 1.29 is 14.3 Å². The van der Waals surface area contributed by atoms with Crippen molar-refractivity contribution in [2.24, 2.45) is 0 Å². The minimum Gasteiger partial charge on any atom is -0.495 e. The number of aromatic nitrogens is 4. The Kier molecular flexibility index (Phi) is 8.25. The Morgan fingerprint density at radius 2 is 1.82 bits per heavy atom. The molecule has 0 aliphatic heterocycles. The molecule has 0 fully saturated rings. The average molecular weight is 530 g/mol. The van der Waals surface area contributed by atoms with Crippen LogP contribution in [0.4, 0.5) is 23.1 Å². The van der Waals surface area contributed by atoms with Crippen molar-refractivity contribution in [1.82, 2.24) is 19.9 Å². The molecular formula is C29H35N7O3. The maximum absolute atomic E-state index is 13.3. The van der Waals surface area contributed by atoms with Crippen LogP contribution in [0.2, 0.25) is 0 Å². The topological polar surface area (TPSA) is 114 Å². The van der Waals surface area contributed by atoms with Crippen LogP contribution in [0.3, 0.4) is 0 Å². The van der Waals surface area contributed by atoms with Gasteiger partial charge in [0.25, 0.3) is 5.91 Å². The average Bonchev–Trinajstić information content (AvgIpc) is 2.92. The minimum absolute atomic E-state index is 0.0744. The van der Waals surface area contributed by atoms with Crippen molar-refractivity contribution in [1.29, 1.82) is 0 Å². The van der Waals surface area contributed by atoms with Crippen molar-refractivity contribution in [3.05, 3.63) is 65.6 Å². The third-order valence-electron chi connectivity index (χ3n) is 6.40. The molecule has 0 atom stereocenters. The van der Waals surface area contributed by atoms with Crippen LogP contribution in [-0.2, 0) is 10.2 Å². The van der Waals surface area contributed by atoms with E-state index in [9.17, 15) is 4.79 Å². The fraction of sp³-hybridized carbons (Fsp3) is 0.345. The van der Waals surface area contributed by atoms with E-state index in [1.165, 1.54) is 6.33 Å². The lowest BCUT2D eigenvalue weighted by Crippen LogP contribution is -2.24. The standard InChI is InChI=1S/C29H35N7O3/c1-18-8-9-19(27(37)34-22-15-20(29(2,3)4)10-11-24(22)39-7)14-21(18)33-26-25-23(31-17-32-26)16-30-28(35-25)36(5)12-13-38-6/h8-11,14-17H,12-13H2,1-7H3,(H,34,37)(H,31,32,33). The van der Waals surface area contributed by atoms with E-state index in [1.807, 2.05) is 43.1 Å². The van der Waals surface area contributed by atoms with Gasteiger partial charge in [0.15, 0.2) is 5.82 Å². The Labute approximate surface area is 228 Å². The first kappa shape index (κ1) is 27.7. The maximum Gasteiger partial charge on any atom is 0.255 e. The summed E-state index contributed by atoms with van der Waals surface area (Å²) in [6.45, 7) is 9.52. The number of hydrogen-bond acceptors (Lipinski definition) is 9. The van der Waals surface area contributed by atoms with Gasteiger partial charge >= 0.3 is 0 Å². The van der Waals surface area contributed by atoms with Gasteiger partial charge in [-0.1, -0.05) is 32.9 Å². The Balaban J connectivity index is 1.63. The molecule has 0 spiro atoms. The third-order valence-corrected chi connectivity index (χ3v) is 6.40. The van der Waals surface area contributed by atoms with Crippen molar-refractivity contribution in [2.75, 3.05) is 50.0 Å². The summed E-state index contributed by atoms with van der Waals surface area (Å²) in [4.78, 5) is 33.1. The second-order valence-corrected chi connectivity index (χ2v) is 10.3. The van der Waals surface area contributed by atoms with Crippen LogP contribution >= 0.6 is 0 Å². The second kappa shape index (κ2) is 11.6. The molecule has 39 heavy (non-hydrogen) atoms. The highest BCUT2D eigenvalue weighted by Gasteiger charge is 2.18. The quantitative estimate of drug-likeness (QED) is 0.305. The van der Waals surface area contributed by atoms with Crippen molar-refractivity contribution >= 4 is 40.1 Å². The molecule has 4 rings (SSSR count). The number of fused-ring (bicyclic) bond motifs is 1. The van der Waals surface area contributed by atoms with E-state index in [0.717, 1.165) is 16.8 Å². The molecule has 2 N–H and O–H groups in total. The number of carbonyl (C=O) groups is 1. The van der Waals surface area contributed by atoms with Gasteiger partial charge in [-0.2, -0.15) is 0 Å². The molecular weight excluding hydrogens is 494 g/mol. The summed E-state index contributed by atoms with van der Waals surface area (Å²) in [5.74, 6) is 1.40. The minimum atomic E-state index is -0.251. The fourth-order valence-electron chi connectivity index (χ4n) is 3.94. The first-order chi connectivity index (χ1) is 18.6. The number of rotatable bonds is 9. The molecule has 4 aromatic rings. The van der Waals surface area contributed by atoms with Gasteiger partial charge in [0, 0.05) is 32.0 Å². The van der Waals surface area contributed by atoms with E-state index >= 15 is 0 Å². The molecule has 0 aliphatic rings. The number of methoxy groups -OCH3 is 2. The molecule has 0 aliphatic carbocycles. The van der Waals surface area contributed by atoms with Crippen molar-refractivity contribution in [3.8, 4) is 5.75 Å². The lowest BCUT2D eigenvalue weighted by atomic mass is 9.87. The summed E-state index contributed by atoms with van der Waals surface area (Å²) in [6, 6.07) is 11.3. The van der Waals surface area contributed by atoms with Crippen LogP contribution in [0, 0.1) is 6.92 Å². The molecule has 204 valence electrons. The Morgan fingerprint density at radius 3 is 2.54 bits per heavy atom. The predicted molar refractivity (Wildman–Crippen MR) is 154 cm³/mol. The van der Waals surface area contributed by atoms with Gasteiger partial charge in [0.2, 0.25) is 5.95 Å². The van der Waals surface area contributed by atoms with E-state index in [0.29, 0.717) is 53.0 Å². The second-order valence-electron chi connectivity index (χ2n) is 10.3. The Hall–Kier alpha value is -4.31. The van der Waals surface area contributed by atoms with Gasteiger partial charge in [0.05, 0.1) is 25.6 Å². The summed E-state index contributed by atoms with van der Waals surface area (Å²) < 4.78 is 10.7. The zero-order valence-electron chi connectivity index (χ0n) is 23.5. The zero-order valence-corrected chi connectivity index (χ0v) is 23.5. The van der Waals surface area contributed by atoms with Crippen LogP contribution in [0.5, 0.6) is 5.75 Å². The van der Waals surface area contributed by atoms with Crippen LogP contribution in [0.1, 0.15) is 42.3 Å². The molecule has 2 aromatic carbocycles. The number of anilines is 4. The number of benzene rings is 2. The third kappa shape index (κ3) is 6.40. The maximum atomic E-state index is 13.3. The van der Waals surface area contributed by atoms with Crippen LogP contribution in [0.15, 0.2) is 48.9 Å². The van der Waals surface area contributed by atoms with Gasteiger partial charge in [-0.25, -0.2) is 19.9 Å². The van der Waals surface area contributed by atoms with Crippen LogP contribution in [-0.4, -0.2) is 60.3 Å². The normalized spacial score (nSPS) is 11.4. The molecule has 0 saturated carbocycles. The highest BCUT2D eigenvalue weighted by Crippen LogP contribution is 2.32. The van der Waals surface area contributed by atoms with Crippen LogP contribution in [0.25, 0.3) is 11.0 Å². The molecule has 1 amide bonds. The van der Waals surface area contributed by atoms with Gasteiger partial charge < -0.3 is 25.0 Å². The highest BCUT2D eigenvalue weighted by molar-refractivity contribution is 6.06. The SMILES string of the molecule is COCCN(C)c1ncc2ncnc(Nc3cc(C(=O)Nc4cc(C(C)(C)C)ccc4OC)ccc3C)c2n1. The molecule has 2 heterocycles. The van der Waals surface area contributed by atoms with E-state index in [4.69, 9.17) is 14.5 Å². The summed E-state index contributed by atoms with van der Waals surface area (Å²) >= 11 is 0. The number of nitrogens with one attached hydrogen (secondary N) is 2. The fourth-order valence-corrected chi connectivity index (χ4v) is 3.94. The number of hydrogen-bond donors (Lipinski definition) is 2. The molecule has 0 unspecified atom stereocenters.